The number of benzene rings is 1. The highest BCUT2D eigenvalue weighted by Crippen LogP contribution is 2.12. The number of nitrogens with zero attached hydrogens (tertiary/aromatic N) is 2. The van der Waals surface area contributed by atoms with Crippen LogP contribution in [0.5, 0.6) is 5.75 Å². The highest BCUT2D eigenvalue weighted by atomic mass is 16.5. The average molecular weight is 330 g/mol. The molecule has 0 unspecified atom stereocenters. The Labute approximate surface area is 140 Å². The molecular formula is C17H22N4O3. The zero-order chi connectivity index (χ0) is 17.5. The quantitative estimate of drug-likeness (QED) is 0.710. The van der Waals surface area contributed by atoms with Crippen molar-refractivity contribution in [3.63, 3.8) is 0 Å². The molecule has 0 spiro atoms. The van der Waals surface area contributed by atoms with Crippen LogP contribution < -0.4 is 15.8 Å². The van der Waals surface area contributed by atoms with Crippen molar-refractivity contribution < 1.29 is 14.3 Å². The molecule has 3 N–H and O–H groups in total. The monoisotopic (exact) mass is 330 g/mol. The van der Waals surface area contributed by atoms with Crippen LogP contribution in [0.1, 0.15) is 28.2 Å². The minimum Gasteiger partial charge on any atom is -0.484 e. The molecule has 7 nitrogen and oxygen atoms in total. The van der Waals surface area contributed by atoms with Gasteiger partial charge in [-0.2, -0.15) is 5.10 Å². The molecule has 0 saturated carbocycles. The van der Waals surface area contributed by atoms with E-state index < -0.39 is 5.91 Å². The molecule has 2 rings (SSSR count). The smallest absolute Gasteiger partial charge is 0.255 e. The van der Waals surface area contributed by atoms with Crippen LogP contribution in [0.2, 0.25) is 0 Å². The molecule has 2 aromatic rings. The van der Waals surface area contributed by atoms with Crippen LogP contribution in [0.15, 0.2) is 30.3 Å². The van der Waals surface area contributed by atoms with E-state index in [2.05, 4.69) is 10.4 Å². The Morgan fingerprint density at radius 3 is 2.54 bits per heavy atom. The van der Waals surface area contributed by atoms with Gasteiger partial charge >= 0.3 is 0 Å². The molecule has 24 heavy (non-hydrogen) atoms. The molecule has 0 atom stereocenters. The fourth-order valence-electron chi connectivity index (χ4n) is 2.29. The van der Waals surface area contributed by atoms with Gasteiger partial charge in [0.2, 0.25) is 0 Å². The van der Waals surface area contributed by atoms with E-state index in [-0.39, 0.29) is 12.5 Å². The van der Waals surface area contributed by atoms with Crippen LogP contribution in [0.25, 0.3) is 0 Å². The number of hydrogen-bond acceptors (Lipinski definition) is 4. The maximum absolute atomic E-state index is 12.1. The number of primary amides is 1. The summed E-state index contributed by atoms with van der Waals surface area (Å²) >= 11 is 0. The summed E-state index contributed by atoms with van der Waals surface area (Å²) in [5.74, 6) is -0.195. The van der Waals surface area contributed by atoms with Crippen molar-refractivity contribution in [1.82, 2.24) is 15.1 Å². The molecule has 128 valence electrons. The van der Waals surface area contributed by atoms with Crippen molar-refractivity contribution in [3.05, 3.63) is 47.3 Å². The van der Waals surface area contributed by atoms with Crippen molar-refractivity contribution in [2.45, 2.75) is 26.8 Å². The standard InChI is InChI=1S/C17H22N4O3/c1-12-10-13(2)21(20-12)9-3-8-19-17(23)14-4-6-15(7-5-14)24-11-16(18)22/h4-7,10H,3,8-9,11H2,1-2H3,(H2,18,22)(H,19,23). The van der Waals surface area contributed by atoms with Gasteiger partial charge in [0.05, 0.1) is 5.69 Å². The molecule has 1 aromatic heterocycles. The molecule has 0 aliphatic carbocycles. The predicted molar refractivity (Wildman–Crippen MR) is 89.8 cm³/mol. The zero-order valence-corrected chi connectivity index (χ0v) is 13.9. The fraction of sp³-hybridized carbons (Fsp3) is 0.353. The third-order valence-corrected chi connectivity index (χ3v) is 3.43. The summed E-state index contributed by atoms with van der Waals surface area (Å²) in [7, 11) is 0. The molecule has 0 fully saturated rings. The van der Waals surface area contributed by atoms with E-state index >= 15 is 0 Å². The van der Waals surface area contributed by atoms with Gasteiger partial charge in [-0.1, -0.05) is 0 Å². The van der Waals surface area contributed by atoms with Gasteiger partial charge in [0, 0.05) is 24.3 Å². The first-order valence-electron chi connectivity index (χ1n) is 7.76. The summed E-state index contributed by atoms with van der Waals surface area (Å²) in [6.07, 6.45) is 0.799. The lowest BCUT2D eigenvalue weighted by molar-refractivity contribution is -0.119. The van der Waals surface area contributed by atoms with Crippen LogP contribution in [0.4, 0.5) is 0 Å². The number of carbonyl (C=O) groups excluding carboxylic acids is 2. The highest BCUT2D eigenvalue weighted by Gasteiger charge is 2.06. The Morgan fingerprint density at radius 1 is 1.25 bits per heavy atom. The fourth-order valence-corrected chi connectivity index (χ4v) is 2.29. The Morgan fingerprint density at radius 2 is 1.96 bits per heavy atom. The topological polar surface area (TPSA) is 99.2 Å². The number of nitrogens with one attached hydrogen (secondary N) is 1. The van der Waals surface area contributed by atoms with Gasteiger partial charge < -0.3 is 15.8 Å². The minimum absolute atomic E-state index is 0.148. The van der Waals surface area contributed by atoms with Gasteiger partial charge in [0.1, 0.15) is 5.75 Å². The third kappa shape index (κ3) is 5.12. The first-order chi connectivity index (χ1) is 11.5. The van der Waals surface area contributed by atoms with Crippen LogP contribution in [-0.2, 0) is 11.3 Å². The van der Waals surface area contributed by atoms with Gasteiger partial charge in [-0.15, -0.1) is 0 Å². The second-order valence-corrected chi connectivity index (χ2v) is 5.54. The lowest BCUT2D eigenvalue weighted by Crippen LogP contribution is -2.25. The number of rotatable bonds is 8. The molecule has 0 saturated heterocycles. The van der Waals surface area contributed by atoms with E-state index in [1.807, 2.05) is 24.6 Å². The normalized spacial score (nSPS) is 10.4. The Balaban J connectivity index is 1.76. The molecule has 0 bridgehead atoms. The highest BCUT2D eigenvalue weighted by molar-refractivity contribution is 5.94. The van der Waals surface area contributed by atoms with E-state index in [0.717, 1.165) is 24.4 Å². The van der Waals surface area contributed by atoms with Gasteiger partial charge in [0.25, 0.3) is 11.8 Å². The van der Waals surface area contributed by atoms with E-state index in [1.54, 1.807) is 24.3 Å². The molecule has 2 amide bonds. The van der Waals surface area contributed by atoms with Gasteiger partial charge in [0.15, 0.2) is 6.61 Å². The molecule has 0 aliphatic heterocycles. The Hall–Kier alpha value is -2.83. The lowest BCUT2D eigenvalue weighted by Gasteiger charge is -2.08. The van der Waals surface area contributed by atoms with Gasteiger partial charge in [-0.25, -0.2) is 0 Å². The molecule has 1 heterocycles. The summed E-state index contributed by atoms with van der Waals surface area (Å²) in [6, 6.07) is 8.58. The van der Waals surface area contributed by atoms with Crippen LogP contribution in [0, 0.1) is 13.8 Å². The number of amides is 2. The molecular weight excluding hydrogens is 308 g/mol. The summed E-state index contributed by atoms with van der Waals surface area (Å²) in [6.45, 7) is 5.12. The van der Waals surface area contributed by atoms with E-state index in [4.69, 9.17) is 10.5 Å². The molecule has 7 heteroatoms. The average Bonchev–Trinajstić information content (AvgIpc) is 2.87. The van der Waals surface area contributed by atoms with Crippen LogP contribution in [0.3, 0.4) is 0 Å². The largest absolute Gasteiger partial charge is 0.484 e. The summed E-state index contributed by atoms with van der Waals surface area (Å²) < 4.78 is 7.08. The Bertz CT molecular complexity index is 707. The number of aromatic nitrogens is 2. The van der Waals surface area contributed by atoms with E-state index in [1.165, 1.54) is 0 Å². The molecule has 0 radical (unpaired) electrons. The summed E-state index contributed by atoms with van der Waals surface area (Å²) in [5.41, 5.74) is 7.65. The van der Waals surface area contributed by atoms with E-state index in [0.29, 0.717) is 17.9 Å². The second-order valence-electron chi connectivity index (χ2n) is 5.54. The number of hydrogen-bond donors (Lipinski definition) is 2. The zero-order valence-electron chi connectivity index (χ0n) is 13.9. The van der Waals surface area contributed by atoms with Crippen molar-refractivity contribution >= 4 is 11.8 Å². The van der Waals surface area contributed by atoms with Crippen LogP contribution >= 0.6 is 0 Å². The number of aryl methyl sites for hydroxylation is 3. The molecule has 1 aromatic carbocycles. The maximum Gasteiger partial charge on any atom is 0.255 e. The van der Waals surface area contributed by atoms with Crippen molar-refractivity contribution in [2.75, 3.05) is 13.2 Å². The first kappa shape index (κ1) is 17.5. The number of ether oxygens (including phenoxy) is 1. The maximum atomic E-state index is 12.1. The molecule has 0 aliphatic rings. The van der Waals surface area contributed by atoms with Gasteiger partial charge in [-0.3, -0.25) is 14.3 Å². The minimum atomic E-state index is -0.542. The number of nitrogens with two attached hydrogens (primary N) is 1. The van der Waals surface area contributed by atoms with Crippen molar-refractivity contribution in [2.24, 2.45) is 5.73 Å². The third-order valence-electron chi connectivity index (χ3n) is 3.43. The van der Waals surface area contributed by atoms with Gasteiger partial charge in [-0.05, 0) is 50.6 Å². The second kappa shape index (κ2) is 8.14. The summed E-state index contributed by atoms with van der Waals surface area (Å²) in [5, 5.41) is 7.25. The van der Waals surface area contributed by atoms with Crippen LogP contribution in [-0.4, -0.2) is 34.7 Å². The summed E-state index contributed by atoms with van der Waals surface area (Å²) in [4.78, 5) is 22.7. The van der Waals surface area contributed by atoms with E-state index in [9.17, 15) is 9.59 Å². The number of carbonyl (C=O) groups is 2. The Kier molecular flexibility index (Phi) is 5.95. The SMILES string of the molecule is Cc1cc(C)n(CCCNC(=O)c2ccc(OCC(N)=O)cc2)n1. The first-order valence-corrected chi connectivity index (χ1v) is 7.76. The van der Waals surface area contributed by atoms with Crippen molar-refractivity contribution in [3.8, 4) is 5.75 Å². The predicted octanol–water partition coefficient (Wildman–Crippen LogP) is 1.18. The lowest BCUT2D eigenvalue weighted by atomic mass is 10.2. The van der Waals surface area contributed by atoms with Crippen molar-refractivity contribution in [1.29, 1.82) is 0 Å².